The monoisotopic (exact) mass is 184 g/mol. The molecule has 4 N–H and O–H groups in total. The van der Waals surface area contributed by atoms with Crippen molar-refractivity contribution < 1.29 is 4.74 Å². The number of nitrogens with one attached hydrogen (secondary N) is 2. The molecule has 1 heterocycles. The number of nitrogens with two attached hydrogens (primary N) is 1. The summed E-state index contributed by atoms with van der Waals surface area (Å²) in [5.74, 6) is 2.08. The summed E-state index contributed by atoms with van der Waals surface area (Å²) in [6.45, 7) is 4.50. The van der Waals surface area contributed by atoms with E-state index in [2.05, 4.69) is 15.3 Å². The minimum atomic E-state index is 0.204. The van der Waals surface area contributed by atoms with E-state index >= 15 is 0 Å². The lowest BCUT2D eigenvalue weighted by Gasteiger charge is -2.11. The Labute approximate surface area is 77.7 Å². The Morgan fingerprint density at radius 2 is 2.38 bits per heavy atom. The van der Waals surface area contributed by atoms with Crippen LogP contribution in [0.4, 0.5) is 11.6 Å². The van der Waals surface area contributed by atoms with Gasteiger partial charge in [0.25, 0.3) is 0 Å². The lowest BCUT2D eigenvalue weighted by molar-refractivity contribution is 0.190. The molecule has 0 bridgehead atoms. The van der Waals surface area contributed by atoms with Crippen LogP contribution in [0.25, 0.3) is 0 Å². The number of rotatable bonds is 4. The molecule has 1 unspecified atom stereocenters. The van der Waals surface area contributed by atoms with Gasteiger partial charge in [-0.05, 0) is 13.8 Å². The summed E-state index contributed by atoms with van der Waals surface area (Å²) < 4.78 is 4.98. The van der Waals surface area contributed by atoms with Crippen LogP contribution in [-0.4, -0.2) is 29.7 Å². The predicted octanol–water partition coefficient (Wildman–Crippen LogP) is 0.747. The lowest BCUT2D eigenvalue weighted by Crippen LogP contribution is -2.21. The minimum absolute atomic E-state index is 0.204. The second-order valence-electron chi connectivity index (χ2n) is 3.09. The standard InChI is InChI=1S/C8H16N4O/c1-5(4-13-3)10-8-7(9)11-6(2)12-8/h5,10H,4,9H2,1-3H3,(H,11,12). The molecule has 74 valence electrons. The van der Waals surface area contributed by atoms with Crippen molar-refractivity contribution in [1.29, 1.82) is 0 Å². The number of hydrogen-bond donors (Lipinski definition) is 3. The van der Waals surface area contributed by atoms with Gasteiger partial charge in [-0.2, -0.15) is 0 Å². The van der Waals surface area contributed by atoms with E-state index in [0.29, 0.717) is 18.2 Å². The van der Waals surface area contributed by atoms with Gasteiger partial charge in [-0.1, -0.05) is 0 Å². The van der Waals surface area contributed by atoms with Gasteiger partial charge in [-0.3, -0.25) is 0 Å². The number of ether oxygens (including phenoxy) is 1. The smallest absolute Gasteiger partial charge is 0.169 e. The van der Waals surface area contributed by atoms with E-state index in [-0.39, 0.29) is 6.04 Å². The van der Waals surface area contributed by atoms with E-state index in [9.17, 15) is 0 Å². The largest absolute Gasteiger partial charge is 0.383 e. The number of aryl methyl sites for hydroxylation is 1. The van der Waals surface area contributed by atoms with E-state index < -0.39 is 0 Å². The topological polar surface area (TPSA) is 76.0 Å². The van der Waals surface area contributed by atoms with Gasteiger partial charge in [0.2, 0.25) is 0 Å². The minimum Gasteiger partial charge on any atom is -0.383 e. The number of H-pyrrole nitrogens is 1. The van der Waals surface area contributed by atoms with Crippen LogP contribution in [0.15, 0.2) is 0 Å². The fourth-order valence-corrected chi connectivity index (χ4v) is 1.15. The molecular formula is C8H16N4O. The first-order valence-electron chi connectivity index (χ1n) is 4.21. The van der Waals surface area contributed by atoms with E-state index in [1.165, 1.54) is 0 Å². The van der Waals surface area contributed by atoms with Gasteiger partial charge in [0.15, 0.2) is 5.82 Å². The number of hydrogen-bond acceptors (Lipinski definition) is 4. The molecule has 0 aliphatic carbocycles. The van der Waals surface area contributed by atoms with Crippen LogP contribution < -0.4 is 11.1 Å². The Bertz CT molecular complexity index is 271. The Kier molecular flexibility index (Phi) is 3.13. The van der Waals surface area contributed by atoms with Crippen LogP contribution in [0, 0.1) is 6.92 Å². The van der Waals surface area contributed by atoms with Crippen molar-refractivity contribution in [2.24, 2.45) is 0 Å². The van der Waals surface area contributed by atoms with E-state index in [1.807, 2.05) is 13.8 Å². The van der Waals surface area contributed by atoms with Crippen LogP contribution in [0.3, 0.4) is 0 Å². The van der Waals surface area contributed by atoms with Crippen LogP contribution >= 0.6 is 0 Å². The number of methoxy groups -OCH3 is 1. The maximum absolute atomic E-state index is 5.66. The fraction of sp³-hybridized carbons (Fsp3) is 0.625. The quantitative estimate of drug-likeness (QED) is 0.645. The Morgan fingerprint density at radius 3 is 2.85 bits per heavy atom. The number of imidazole rings is 1. The summed E-state index contributed by atoms with van der Waals surface area (Å²) in [4.78, 5) is 7.10. The third kappa shape index (κ3) is 2.62. The highest BCUT2D eigenvalue weighted by Crippen LogP contribution is 2.14. The van der Waals surface area contributed by atoms with Gasteiger partial charge in [0.1, 0.15) is 11.6 Å². The summed E-state index contributed by atoms with van der Waals surface area (Å²) in [7, 11) is 1.66. The first-order chi connectivity index (χ1) is 6.13. The Balaban J connectivity index is 2.57. The van der Waals surface area contributed by atoms with Crippen LogP contribution in [0.1, 0.15) is 12.7 Å². The van der Waals surface area contributed by atoms with Crippen molar-refractivity contribution in [3.05, 3.63) is 5.82 Å². The Morgan fingerprint density at radius 1 is 1.69 bits per heavy atom. The number of anilines is 2. The molecule has 1 rings (SSSR count). The number of aromatic nitrogens is 2. The zero-order valence-electron chi connectivity index (χ0n) is 8.22. The van der Waals surface area contributed by atoms with Crippen molar-refractivity contribution in [2.75, 3.05) is 24.8 Å². The van der Waals surface area contributed by atoms with Crippen molar-refractivity contribution in [3.63, 3.8) is 0 Å². The van der Waals surface area contributed by atoms with Gasteiger partial charge in [0, 0.05) is 13.2 Å². The normalized spacial score (nSPS) is 12.8. The molecule has 0 radical (unpaired) electrons. The average Bonchev–Trinajstić information content (AvgIpc) is 2.30. The molecule has 13 heavy (non-hydrogen) atoms. The second-order valence-corrected chi connectivity index (χ2v) is 3.09. The molecule has 0 saturated carbocycles. The molecular weight excluding hydrogens is 168 g/mol. The van der Waals surface area contributed by atoms with Gasteiger partial charge in [0.05, 0.1) is 6.61 Å². The highest BCUT2D eigenvalue weighted by Gasteiger charge is 2.07. The molecule has 1 aromatic heterocycles. The van der Waals surface area contributed by atoms with Gasteiger partial charge < -0.3 is 20.8 Å². The van der Waals surface area contributed by atoms with E-state index in [4.69, 9.17) is 10.5 Å². The fourth-order valence-electron chi connectivity index (χ4n) is 1.15. The van der Waals surface area contributed by atoms with Crippen molar-refractivity contribution in [3.8, 4) is 0 Å². The second kappa shape index (κ2) is 4.13. The summed E-state index contributed by atoms with van der Waals surface area (Å²) >= 11 is 0. The zero-order valence-corrected chi connectivity index (χ0v) is 8.22. The van der Waals surface area contributed by atoms with Crippen LogP contribution in [0.5, 0.6) is 0 Å². The number of nitrogens with zero attached hydrogens (tertiary/aromatic N) is 1. The number of nitrogen functional groups attached to an aromatic ring is 1. The zero-order chi connectivity index (χ0) is 9.84. The molecule has 0 fully saturated rings. The molecule has 0 aliphatic rings. The van der Waals surface area contributed by atoms with E-state index in [0.717, 1.165) is 5.82 Å². The van der Waals surface area contributed by atoms with Gasteiger partial charge in [-0.25, -0.2) is 4.98 Å². The maximum Gasteiger partial charge on any atom is 0.169 e. The molecule has 0 amide bonds. The highest BCUT2D eigenvalue weighted by molar-refractivity contribution is 5.57. The first kappa shape index (κ1) is 9.85. The summed E-state index contributed by atoms with van der Waals surface area (Å²) in [6, 6.07) is 0.204. The van der Waals surface area contributed by atoms with Crippen molar-refractivity contribution in [1.82, 2.24) is 9.97 Å². The molecule has 5 nitrogen and oxygen atoms in total. The van der Waals surface area contributed by atoms with E-state index in [1.54, 1.807) is 7.11 Å². The molecule has 1 aromatic rings. The predicted molar refractivity (Wildman–Crippen MR) is 52.7 cm³/mol. The maximum atomic E-state index is 5.66. The van der Waals surface area contributed by atoms with Gasteiger partial charge in [-0.15, -0.1) is 0 Å². The summed E-state index contributed by atoms with van der Waals surface area (Å²) in [5.41, 5.74) is 5.66. The van der Waals surface area contributed by atoms with Gasteiger partial charge >= 0.3 is 0 Å². The van der Waals surface area contributed by atoms with Crippen molar-refractivity contribution >= 4 is 11.6 Å². The molecule has 1 atom stereocenters. The third-order valence-corrected chi connectivity index (χ3v) is 1.65. The average molecular weight is 184 g/mol. The summed E-state index contributed by atoms with van der Waals surface area (Å²) in [6.07, 6.45) is 0. The molecule has 0 spiro atoms. The lowest BCUT2D eigenvalue weighted by atomic mass is 10.3. The highest BCUT2D eigenvalue weighted by atomic mass is 16.5. The Hall–Kier alpha value is -1.23. The van der Waals surface area contributed by atoms with Crippen molar-refractivity contribution in [2.45, 2.75) is 19.9 Å². The number of aromatic amines is 1. The molecule has 5 heteroatoms. The molecule has 0 saturated heterocycles. The summed E-state index contributed by atoms with van der Waals surface area (Å²) in [5, 5.41) is 3.14. The molecule has 0 aromatic carbocycles. The molecule has 0 aliphatic heterocycles. The third-order valence-electron chi connectivity index (χ3n) is 1.65. The SMILES string of the molecule is COCC(C)Nc1nc(C)[nH]c1N. The van der Waals surface area contributed by atoms with Crippen LogP contribution in [0.2, 0.25) is 0 Å². The first-order valence-corrected chi connectivity index (χ1v) is 4.21. The van der Waals surface area contributed by atoms with Crippen LogP contribution in [-0.2, 0) is 4.74 Å².